The van der Waals surface area contributed by atoms with Crippen molar-refractivity contribution in [3.8, 4) is 0 Å². The fourth-order valence-electron chi connectivity index (χ4n) is 0.342. The molecule has 0 aliphatic heterocycles. The molecule has 1 heterocycles. The maximum absolute atomic E-state index is 5.43. The quantitative estimate of drug-likeness (QED) is 0.493. The van der Waals surface area contributed by atoms with Crippen molar-refractivity contribution in [3.63, 3.8) is 0 Å². The van der Waals surface area contributed by atoms with Gasteiger partial charge in [-0.2, -0.15) is 0 Å². The Kier molecular flexibility index (Phi) is 3.12. The highest BCUT2D eigenvalue weighted by atomic mass is 35.5. The molecule has 0 radical (unpaired) electrons. The Morgan fingerprint density at radius 2 is 2.12 bits per heavy atom. The summed E-state index contributed by atoms with van der Waals surface area (Å²) >= 11 is 5.43. The largest absolute Gasteiger partial charge is 0.269 e. The first-order chi connectivity index (χ1) is 3.39. The molecule has 0 amide bonds. The molecular formula is C5H5ClFN. The third-order valence-corrected chi connectivity index (χ3v) is 0.852. The Hall–Kier alpha value is -0.630. The van der Waals surface area contributed by atoms with Crippen LogP contribution in [0.3, 0.4) is 0 Å². The summed E-state index contributed by atoms with van der Waals surface area (Å²) < 4.78 is 0. The molecule has 0 spiro atoms. The van der Waals surface area contributed by atoms with Crippen LogP contribution in [0.15, 0.2) is 24.4 Å². The predicted molar refractivity (Wildman–Crippen MR) is 31.8 cm³/mol. The average Bonchev–Trinajstić information content (AvgIpc) is 1.69. The minimum absolute atomic E-state index is 0. The number of hydrogen-bond donors (Lipinski definition) is 0. The second kappa shape index (κ2) is 3.38. The molecule has 1 rings (SSSR count). The van der Waals surface area contributed by atoms with Crippen molar-refractivity contribution < 1.29 is 4.70 Å². The van der Waals surface area contributed by atoms with E-state index < -0.39 is 0 Å². The number of hydrogen-bond acceptors (Lipinski definition) is 1. The van der Waals surface area contributed by atoms with Crippen molar-refractivity contribution in [3.05, 3.63) is 29.5 Å². The fraction of sp³-hybridized carbons (Fsp3) is 0. The van der Waals surface area contributed by atoms with Crippen LogP contribution in [0.1, 0.15) is 0 Å². The molecule has 0 fully saturated rings. The van der Waals surface area contributed by atoms with E-state index >= 15 is 0 Å². The van der Waals surface area contributed by atoms with Gasteiger partial charge in [0.25, 0.3) is 0 Å². The monoisotopic (exact) mass is 133 g/mol. The van der Waals surface area contributed by atoms with Gasteiger partial charge in [0.1, 0.15) is 5.15 Å². The molecule has 3 heteroatoms. The van der Waals surface area contributed by atoms with Crippen LogP contribution in [0.4, 0.5) is 4.70 Å². The first-order valence-electron chi connectivity index (χ1n) is 1.96. The second-order valence-electron chi connectivity index (χ2n) is 1.15. The van der Waals surface area contributed by atoms with Crippen molar-refractivity contribution in [1.29, 1.82) is 0 Å². The summed E-state index contributed by atoms with van der Waals surface area (Å²) in [4.78, 5) is 3.74. The molecule has 1 aromatic rings. The normalized spacial score (nSPS) is 7.62. The third kappa shape index (κ3) is 1.89. The number of aromatic nitrogens is 1. The number of pyridine rings is 1. The van der Waals surface area contributed by atoms with E-state index in [9.17, 15) is 0 Å². The van der Waals surface area contributed by atoms with Crippen molar-refractivity contribution in [2.45, 2.75) is 0 Å². The smallest absolute Gasteiger partial charge is 0.129 e. The van der Waals surface area contributed by atoms with E-state index in [4.69, 9.17) is 11.6 Å². The first kappa shape index (κ1) is 7.37. The molecule has 0 unspecified atom stereocenters. The minimum atomic E-state index is 0. The van der Waals surface area contributed by atoms with Gasteiger partial charge >= 0.3 is 0 Å². The van der Waals surface area contributed by atoms with Crippen molar-refractivity contribution in [2.24, 2.45) is 0 Å². The van der Waals surface area contributed by atoms with Crippen LogP contribution in [0, 0.1) is 0 Å². The van der Waals surface area contributed by atoms with E-state index in [1.54, 1.807) is 12.3 Å². The van der Waals surface area contributed by atoms with Gasteiger partial charge < -0.3 is 0 Å². The van der Waals surface area contributed by atoms with Gasteiger partial charge in [0.2, 0.25) is 0 Å². The zero-order chi connectivity index (χ0) is 5.11. The number of nitrogens with zero attached hydrogens (tertiary/aromatic N) is 1. The van der Waals surface area contributed by atoms with Gasteiger partial charge in [-0.1, -0.05) is 17.7 Å². The lowest BCUT2D eigenvalue weighted by Gasteiger charge is -1.79. The maximum atomic E-state index is 5.43. The summed E-state index contributed by atoms with van der Waals surface area (Å²) in [5, 5.41) is 0.544. The number of rotatable bonds is 0. The second-order valence-corrected chi connectivity index (χ2v) is 1.54. The Bertz CT molecular complexity index is 142. The van der Waals surface area contributed by atoms with Gasteiger partial charge in [0.05, 0.1) is 0 Å². The highest BCUT2D eigenvalue weighted by molar-refractivity contribution is 6.29. The molecule has 44 valence electrons. The topological polar surface area (TPSA) is 12.9 Å². The van der Waals surface area contributed by atoms with E-state index in [-0.39, 0.29) is 4.70 Å². The lowest BCUT2D eigenvalue weighted by atomic mass is 10.5. The summed E-state index contributed by atoms with van der Waals surface area (Å²) in [6, 6.07) is 5.41. The summed E-state index contributed by atoms with van der Waals surface area (Å²) in [6.07, 6.45) is 1.66. The van der Waals surface area contributed by atoms with Gasteiger partial charge in [-0.25, -0.2) is 4.98 Å². The molecule has 0 aliphatic rings. The molecule has 0 saturated carbocycles. The van der Waals surface area contributed by atoms with Gasteiger partial charge in [0.15, 0.2) is 0 Å². The lowest BCUT2D eigenvalue weighted by molar-refractivity contribution is 1.11. The molecule has 8 heavy (non-hydrogen) atoms. The molecule has 0 aromatic carbocycles. The van der Waals surface area contributed by atoms with Crippen LogP contribution >= 0.6 is 11.6 Å². The Balaban J connectivity index is 0.000000490. The predicted octanol–water partition coefficient (Wildman–Crippen LogP) is 1.89. The summed E-state index contributed by atoms with van der Waals surface area (Å²) in [7, 11) is 0. The Morgan fingerprint density at radius 3 is 2.38 bits per heavy atom. The van der Waals surface area contributed by atoms with Crippen LogP contribution in [-0.2, 0) is 0 Å². The van der Waals surface area contributed by atoms with Crippen molar-refractivity contribution >= 4 is 11.6 Å². The first-order valence-corrected chi connectivity index (χ1v) is 2.34. The van der Waals surface area contributed by atoms with Crippen LogP contribution < -0.4 is 0 Å². The van der Waals surface area contributed by atoms with E-state index in [1.807, 2.05) is 12.1 Å². The fourth-order valence-corrected chi connectivity index (χ4v) is 0.471. The van der Waals surface area contributed by atoms with Crippen LogP contribution in [-0.4, -0.2) is 4.98 Å². The van der Waals surface area contributed by atoms with Crippen molar-refractivity contribution in [1.82, 2.24) is 4.98 Å². The maximum Gasteiger partial charge on any atom is 0.129 e. The summed E-state index contributed by atoms with van der Waals surface area (Å²) in [5.41, 5.74) is 0. The van der Waals surface area contributed by atoms with Crippen molar-refractivity contribution in [2.75, 3.05) is 0 Å². The summed E-state index contributed by atoms with van der Waals surface area (Å²) in [6.45, 7) is 0. The van der Waals surface area contributed by atoms with Crippen LogP contribution in [0.25, 0.3) is 0 Å². The highest BCUT2D eigenvalue weighted by Crippen LogP contribution is 1.98. The van der Waals surface area contributed by atoms with E-state index in [2.05, 4.69) is 4.98 Å². The highest BCUT2D eigenvalue weighted by Gasteiger charge is 1.76. The van der Waals surface area contributed by atoms with Gasteiger partial charge in [-0.3, -0.25) is 4.70 Å². The zero-order valence-corrected chi connectivity index (χ0v) is 4.80. The van der Waals surface area contributed by atoms with Gasteiger partial charge in [-0.15, -0.1) is 0 Å². The molecule has 0 aliphatic carbocycles. The van der Waals surface area contributed by atoms with Crippen LogP contribution in [0.2, 0.25) is 5.15 Å². The standard InChI is InChI=1S/C5H4ClN.FH/c6-5-3-1-2-4-7-5;/h1-4H;1H. The van der Waals surface area contributed by atoms with Gasteiger partial charge in [-0.05, 0) is 12.1 Å². The average molecular weight is 134 g/mol. The Labute approximate surface area is 51.7 Å². The van der Waals surface area contributed by atoms with Gasteiger partial charge in [0, 0.05) is 6.20 Å². The minimum Gasteiger partial charge on any atom is -0.269 e. The molecule has 0 atom stereocenters. The lowest BCUT2D eigenvalue weighted by Crippen LogP contribution is -1.65. The third-order valence-electron chi connectivity index (χ3n) is 0.629. The number of halogens is 2. The van der Waals surface area contributed by atoms with E-state index in [1.165, 1.54) is 0 Å². The van der Waals surface area contributed by atoms with E-state index in [0.717, 1.165) is 0 Å². The zero-order valence-electron chi connectivity index (χ0n) is 4.04. The Morgan fingerprint density at radius 1 is 1.38 bits per heavy atom. The van der Waals surface area contributed by atoms with Crippen LogP contribution in [0.5, 0.6) is 0 Å². The SMILES string of the molecule is Clc1ccccn1.F. The molecule has 1 aromatic heterocycles. The molecule has 0 bridgehead atoms. The molecule has 0 N–H and O–H groups in total. The molecular weight excluding hydrogens is 129 g/mol. The molecule has 0 saturated heterocycles. The molecule has 1 nitrogen and oxygen atoms in total. The summed E-state index contributed by atoms with van der Waals surface area (Å²) in [5.74, 6) is 0. The van der Waals surface area contributed by atoms with E-state index in [0.29, 0.717) is 5.15 Å².